The average Bonchev–Trinajstić information content (AvgIpc) is 2.80. The van der Waals surface area contributed by atoms with Gasteiger partial charge < -0.3 is 55.1 Å². The van der Waals surface area contributed by atoms with Crippen molar-refractivity contribution in [3.63, 3.8) is 0 Å². The first-order valence-electron chi connectivity index (χ1n) is 11.9. The number of hydrogen-bond donors (Lipinski definition) is 8. The summed E-state index contributed by atoms with van der Waals surface area (Å²) < 4.78 is 14.2. The highest BCUT2D eigenvalue weighted by molar-refractivity contribution is 5.91. The lowest BCUT2D eigenvalue weighted by Gasteiger charge is -2.53. The van der Waals surface area contributed by atoms with E-state index in [9.17, 15) is 55.2 Å². The molecule has 2 saturated heterocycles. The quantitative estimate of drug-likeness (QED) is 0.0744. The van der Waals surface area contributed by atoms with Crippen LogP contribution in [-0.4, -0.2) is 107 Å². The lowest BCUT2D eigenvalue weighted by Crippen LogP contribution is -2.81. The Labute approximate surface area is 207 Å². The number of aliphatic hydroxyl groups is 8. The summed E-state index contributed by atoms with van der Waals surface area (Å²) in [6.07, 6.45) is -5.09. The van der Waals surface area contributed by atoms with Gasteiger partial charge in [-0.1, -0.05) is 51.9 Å². The molecule has 0 amide bonds. The van der Waals surface area contributed by atoms with Gasteiger partial charge in [0.2, 0.25) is 0 Å². The monoisotopic (exact) mass is 524 g/mol. The van der Waals surface area contributed by atoms with Crippen molar-refractivity contribution in [1.82, 2.24) is 0 Å². The van der Waals surface area contributed by atoms with Crippen molar-refractivity contribution in [1.29, 1.82) is 0 Å². The van der Waals surface area contributed by atoms with Gasteiger partial charge in [-0.05, 0) is 6.42 Å². The van der Waals surface area contributed by atoms with Crippen LogP contribution in [0.25, 0.3) is 0 Å². The van der Waals surface area contributed by atoms with E-state index in [0.717, 1.165) is 32.1 Å². The predicted octanol–water partition coefficient (Wildman–Crippen LogP) is -2.56. The van der Waals surface area contributed by atoms with E-state index in [1.165, 1.54) is 0 Å². The van der Waals surface area contributed by atoms with E-state index in [1.807, 2.05) is 0 Å². The smallest absolute Gasteiger partial charge is 0.349 e. The second-order valence-corrected chi connectivity index (χ2v) is 9.38. The van der Waals surface area contributed by atoms with Gasteiger partial charge in [0, 0.05) is 0 Å². The van der Waals surface area contributed by atoms with Crippen LogP contribution in [-0.2, 0) is 28.6 Å². The van der Waals surface area contributed by atoms with Gasteiger partial charge in [-0.3, -0.25) is 9.59 Å². The molecule has 0 aromatic rings. The fraction of sp³-hybridized carbons (Fsp3) is 0.864. The minimum Gasteiger partial charge on any atom is -0.423 e. The number of carbonyl (C=O) groups excluding carboxylic acids is 3. The standard InChI is InChI=1S/C22H36O14/c1-2-3-4-5-6-7-8-9-14(25)20(31)22(33)21(32,17(28)13(24)12-23)35-16(27)11-19(30,18(29)36-22)10-15(26)34-20/h13-14,17,23-25,28,30-33H,2-12H2,1H3/t13-,14?,17+,19?,20?,21+,22+/m0/s1. The second-order valence-electron chi connectivity index (χ2n) is 9.38. The summed E-state index contributed by atoms with van der Waals surface area (Å²) in [4.78, 5) is 37.6. The van der Waals surface area contributed by atoms with E-state index < -0.39 is 85.1 Å². The molecule has 0 aromatic heterocycles. The first-order chi connectivity index (χ1) is 16.7. The summed E-state index contributed by atoms with van der Waals surface area (Å²) in [5.74, 6) is -17.1. The van der Waals surface area contributed by atoms with Crippen LogP contribution in [0.4, 0.5) is 0 Å². The number of esters is 3. The van der Waals surface area contributed by atoms with E-state index in [-0.39, 0.29) is 6.42 Å². The average molecular weight is 525 g/mol. The molecule has 14 heteroatoms. The largest absolute Gasteiger partial charge is 0.423 e. The van der Waals surface area contributed by atoms with Gasteiger partial charge in [0.05, 0.1) is 19.4 Å². The number of hydrogen-bond acceptors (Lipinski definition) is 14. The predicted molar refractivity (Wildman–Crippen MR) is 115 cm³/mol. The molecule has 208 valence electrons. The van der Waals surface area contributed by atoms with Crippen LogP contribution in [0.1, 0.15) is 71.1 Å². The van der Waals surface area contributed by atoms with Gasteiger partial charge in [0.25, 0.3) is 0 Å². The minimum atomic E-state index is -4.19. The summed E-state index contributed by atoms with van der Waals surface area (Å²) in [5, 5.41) is 84.6. The molecule has 36 heavy (non-hydrogen) atoms. The number of carbonyl (C=O) groups is 3. The zero-order valence-electron chi connectivity index (χ0n) is 20.0. The van der Waals surface area contributed by atoms with E-state index in [2.05, 4.69) is 11.7 Å². The number of rotatable bonds is 12. The molecule has 0 spiro atoms. The van der Waals surface area contributed by atoms with Crippen LogP contribution in [0.3, 0.4) is 0 Å². The first kappa shape index (κ1) is 30.3. The van der Waals surface area contributed by atoms with Crippen molar-refractivity contribution >= 4 is 17.9 Å². The minimum absolute atomic E-state index is 0.196. The molecule has 0 aliphatic carbocycles. The highest BCUT2D eigenvalue weighted by atomic mass is 16.8. The van der Waals surface area contributed by atoms with Crippen molar-refractivity contribution < 1.29 is 69.4 Å². The van der Waals surface area contributed by atoms with Gasteiger partial charge in [-0.15, -0.1) is 0 Å². The molecule has 0 saturated carbocycles. The number of aliphatic hydroxyl groups excluding tert-OH is 4. The molecular formula is C22H36O14. The normalized spacial score (nSPS) is 35.4. The Bertz CT molecular complexity index is 806. The fourth-order valence-corrected chi connectivity index (χ4v) is 4.28. The molecular weight excluding hydrogens is 488 g/mol. The second kappa shape index (κ2) is 11.6. The molecule has 8 N–H and O–H groups in total. The molecule has 3 unspecified atom stereocenters. The van der Waals surface area contributed by atoms with Crippen molar-refractivity contribution in [2.75, 3.05) is 6.61 Å². The van der Waals surface area contributed by atoms with E-state index in [1.54, 1.807) is 0 Å². The topological polar surface area (TPSA) is 241 Å². The van der Waals surface area contributed by atoms with Crippen LogP contribution in [0, 0.1) is 0 Å². The summed E-state index contributed by atoms with van der Waals surface area (Å²) >= 11 is 0. The molecule has 0 radical (unpaired) electrons. The van der Waals surface area contributed by atoms with E-state index in [4.69, 9.17) is 9.47 Å². The zero-order valence-corrected chi connectivity index (χ0v) is 20.0. The lowest BCUT2D eigenvalue weighted by molar-refractivity contribution is -0.484. The zero-order chi connectivity index (χ0) is 27.4. The Morgan fingerprint density at radius 1 is 0.778 bits per heavy atom. The molecule has 2 heterocycles. The van der Waals surface area contributed by atoms with Crippen molar-refractivity contribution in [3.05, 3.63) is 0 Å². The van der Waals surface area contributed by atoms with Crippen LogP contribution < -0.4 is 0 Å². The Morgan fingerprint density at radius 3 is 1.81 bits per heavy atom. The van der Waals surface area contributed by atoms with Crippen LogP contribution in [0.15, 0.2) is 0 Å². The molecule has 14 nitrogen and oxygen atoms in total. The summed E-state index contributed by atoms with van der Waals surface area (Å²) in [6.45, 7) is 0.768. The SMILES string of the molecule is CCCCCCCCCC(O)C1(O)OC(=O)CC2(O)CC(=O)O[C@](O)([C@H](O)[C@@H](O)CO)[C@]1(O)OC2=O. The van der Waals surface area contributed by atoms with E-state index >= 15 is 0 Å². The number of unbranched alkanes of at least 4 members (excludes halogenated alkanes) is 6. The van der Waals surface area contributed by atoms with E-state index in [0.29, 0.717) is 6.42 Å². The lowest BCUT2D eigenvalue weighted by atomic mass is 9.82. The van der Waals surface area contributed by atoms with Crippen LogP contribution >= 0.6 is 0 Å². The fourth-order valence-electron chi connectivity index (χ4n) is 4.28. The van der Waals surface area contributed by atoms with Crippen molar-refractivity contribution in [2.45, 2.75) is 112 Å². The first-order valence-corrected chi connectivity index (χ1v) is 11.9. The highest BCUT2D eigenvalue weighted by Gasteiger charge is 2.78. The molecule has 7 atom stereocenters. The molecule has 2 aliphatic rings. The number of ether oxygens (including phenoxy) is 3. The molecule has 0 aromatic carbocycles. The summed E-state index contributed by atoms with van der Waals surface area (Å²) in [6, 6.07) is 0. The van der Waals surface area contributed by atoms with Gasteiger partial charge in [0.1, 0.15) is 12.2 Å². The van der Waals surface area contributed by atoms with Crippen molar-refractivity contribution in [3.8, 4) is 0 Å². The summed E-state index contributed by atoms with van der Waals surface area (Å²) in [7, 11) is 0. The van der Waals surface area contributed by atoms with Crippen LogP contribution in [0.2, 0.25) is 0 Å². The number of fused-ring (bicyclic) bond motifs is 3. The highest BCUT2D eigenvalue weighted by Crippen LogP contribution is 2.47. The van der Waals surface area contributed by atoms with Gasteiger partial charge in [-0.2, -0.15) is 0 Å². The third-order valence-electron chi connectivity index (χ3n) is 6.49. The van der Waals surface area contributed by atoms with Gasteiger partial charge >= 0.3 is 35.3 Å². The maximum Gasteiger partial charge on any atom is 0.349 e. The number of cyclic esters (lactones) is 2. The molecule has 2 bridgehead atoms. The molecule has 2 aliphatic heterocycles. The maximum atomic E-state index is 12.7. The van der Waals surface area contributed by atoms with Gasteiger partial charge in [0.15, 0.2) is 11.7 Å². The maximum absolute atomic E-state index is 12.7. The Balaban J connectivity index is 2.49. The Morgan fingerprint density at radius 2 is 1.28 bits per heavy atom. The third-order valence-corrected chi connectivity index (χ3v) is 6.49. The van der Waals surface area contributed by atoms with Crippen LogP contribution in [0.5, 0.6) is 0 Å². The van der Waals surface area contributed by atoms with Gasteiger partial charge in [-0.25, -0.2) is 4.79 Å². The summed E-state index contributed by atoms with van der Waals surface area (Å²) in [5.41, 5.74) is -2.96. The molecule has 2 rings (SSSR count). The Hall–Kier alpha value is -1.91. The Kier molecular flexibility index (Phi) is 9.81. The molecule has 2 fully saturated rings. The van der Waals surface area contributed by atoms with Crippen molar-refractivity contribution in [2.24, 2.45) is 0 Å². The third kappa shape index (κ3) is 5.65.